The zero-order valence-corrected chi connectivity index (χ0v) is 15.7. The van der Waals surface area contributed by atoms with Gasteiger partial charge in [-0.25, -0.2) is 0 Å². The third-order valence-corrected chi connectivity index (χ3v) is 4.90. The van der Waals surface area contributed by atoms with Gasteiger partial charge in [-0.05, 0) is 54.4 Å². The summed E-state index contributed by atoms with van der Waals surface area (Å²) in [6, 6.07) is 12.6. The molecule has 2 aromatic heterocycles. The molecule has 0 aliphatic heterocycles. The summed E-state index contributed by atoms with van der Waals surface area (Å²) in [7, 11) is 0. The summed E-state index contributed by atoms with van der Waals surface area (Å²) in [6.45, 7) is 6.35. The van der Waals surface area contributed by atoms with Crippen molar-refractivity contribution in [2.75, 3.05) is 0 Å². The van der Waals surface area contributed by atoms with Crippen LogP contribution in [-0.4, -0.2) is 14.8 Å². The highest BCUT2D eigenvalue weighted by atomic mass is 79.9. The van der Waals surface area contributed by atoms with Crippen LogP contribution in [0.3, 0.4) is 0 Å². The predicted molar refractivity (Wildman–Crippen MR) is 96.5 cm³/mol. The first kappa shape index (κ1) is 16.3. The van der Waals surface area contributed by atoms with E-state index in [9.17, 15) is 0 Å². The number of rotatable bonds is 5. The molecule has 3 rings (SSSR count). The molecule has 4 nitrogen and oxygen atoms in total. The summed E-state index contributed by atoms with van der Waals surface area (Å²) >= 11 is 5.03. The molecule has 0 aliphatic carbocycles. The van der Waals surface area contributed by atoms with Gasteiger partial charge in [0.2, 0.25) is 5.82 Å². The van der Waals surface area contributed by atoms with E-state index in [1.165, 1.54) is 11.1 Å². The third kappa shape index (κ3) is 3.70. The van der Waals surface area contributed by atoms with Crippen molar-refractivity contribution in [1.82, 2.24) is 14.8 Å². The van der Waals surface area contributed by atoms with Crippen LogP contribution < -0.4 is 0 Å². The minimum atomic E-state index is 0.254. The van der Waals surface area contributed by atoms with E-state index in [0.717, 1.165) is 22.5 Å². The van der Waals surface area contributed by atoms with Crippen molar-refractivity contribution in [3.8, 4) is 11.6 Å². The molecule has 0 radical (unpaired) electrons. The van der Waals surface area contributed by atoms with Crippen LogP contribution in [0.5, 0.6) is 0 Å². The molecule has 0 spiro atoms. The van der Waals surface area contributed by atoms with Crippen molar-refractivity contribution in [3.63, 3.8) is 0 Å². The van der Waals surface area contributed by atoms with Gasteiger partial charge in [0.15, 0.2) is 15.6 Å². The molecule has 23 heavy (non-hydrogen) atoms. The SMILES string of the molecule is Cc1ccc(CSc2nnc(-c3ccc(Br)o3)n2C(C)C)cc1. The molecule has 3 aromatic rings. The minimum absolute atomic E-state index is 0.254. The molecule has 0 amide bonds. The number of thioether (sulfide) groups is 1. The predicted octanol–water partition coefficient (Wildman–Crippen LogP) is 5.48. The zero-order chi connectivity index (χ0) is 16.4. The van der Waals surface area contributed by atoms with Crippen LogP contribution in [0.2, 0.25) is 0 Å². The average molecular weight is 392 g/mol. The van der Waals surface area contributed by atoms with Crippen molar-refractivity contribution in [3.05, 3.63) is 52.2 Å². The van der Waals surface area contributed by atoms with Gasteiger partial charge in [0.05, 0.1) is 0 Å². The average Bonchev–Trinajstić information content (AvgIpc) is 3.12. The maximum absolute atomic E-state index is 5.63. The number of aryl methyl sites for hydroxylation is 1. The molecule has 6 heteroatoms. The Bertz CT molecular complexity index is 793. The molecular formula is C17H18BrN3OS. The second-order valence-electron chi connectivity index (χ2n) is 5.65. The largest absolute Gasteiger partial charge is 0.446 e. The van der Waals surface area contributed by atoms with Gasteiger partial charge in [-0.3, -0.25) is 4.57 Å². The number of nitrogens with zero attached hydrogens (tertiary/aromatic N) is 3. The third-order valence-electron chi connectivity index (χ3n) is 3.46. The van der Waals surface area contributed by atoms with Gasteiger partial charge in [-0.15, -0.1) is 10.2 Å². The molecule has 0 aliphatic rings. The summed E-state index contributed by atoms with van der Waals surface area (Å²) in [4.78, 5) is 0. The van der Waals surface area contributed by atoms with Gasteiger partial charge in [0, 0.05) is 11.8 Å². The summed E-state index contributed by atoms with van der Waals surface area (Å²) in [5.41, 5.74) is 2.55. The van der Waals surface area contributed by atoms with Crippen LogP contribution in [0.25, 0.3) is 11.6 Å². The lowest BCUT2D eigenvalue weighted by Crippen LogP contribution is -2.04. The minimum Gasteiger partial charge on any atom is -0.446 e. The Kier molecular flexibility index (Phi) is 4.92. The standard InChI is InChI=1S/C17H18BrN3OS/c1-11(2)21-16(14-8-9-15(18)22-14)19-20-17(21)23-10-13-6-4-12(3)5-7-13/h4-9,11H,10H2,1-3H3. The summed E-state index contributed by atoms with van der Waals surface area (Å²) in [6.07, 6.45) is 0. The van der Waals surface area contributed by atoms with Gasteiger partial charge in [0.25, 0.3) is 0 Å². The van der Waals surface area contributed by atoms with E-state index in [4.69, 9.17) is 4.42 Å². The number of hydrogen-bond acceptors (Lipinski definition) is 4. The quantitative estimate of drug-likeness (QED) is 0.539. The fraction of sp³-hybridized carbons (Fsp3) is 0.294. The maximum atomic E-state index is 5.63. The first-order valence-electron chi connectivity index (χ1n) is 7.43. The van der Waals surface area contributed by atoms with Gasteiger partial charge >= 0.3 is 0 Å². The molecule has 0 bridgehead atoms. The van der Waals surface area contributed by atoms with Crippen LogP contribution >= 0.6 is 27.7 Å². The van der Waals surface area contributed by atoms with E-state index in [0.29, 0.717) is 4.67 Å². The van der Waals surface area contributed by atoms with Gasteiger partial charge < -0.3 is 4.42 Å². The van der Waals surface area contributed by atoms with Crippen LogP contribution in [-0.2, 0) is 5.75 Å². The van der Waals surface area contributed by atoms with E-state index in [1.807, 2.05) is 12.1 Å². The number of hydrogen-bond donors (Lipinski definition) is 0. The fourth-order valence-corrected chi connectivity index (χ4v) is 3.61. The first-order chi connectivity index (χ1) is 11.0. The Hall–Kier alpha value is -1.53. The number of furan rings is 1. The summed E-state index contributed by atoms with van der Waals surface area (Å²) in [5, 5.41) is 9.59. The number of aromatic nitrogens is 3. The van der Waals surface area contributed by atoms with Gasteiger partial charge in [0.1, 0.15) is 0 Å². The lowest BCUT2D eigenvalue weighted by Gasteiger charge is -2.12. The lowest BCUT2D eigenvalue weighted by atomic mass is 10.2. The van der Waals surface area contributed by atoms with Crippen LogP contribution in [0.15, 0.2) is 50.6 Å². The molecule has 0 atom stereocenters. The molecule has 0 unspecified atom stereocenters. The first-order valence-corrected chi connectivity index (χ1v) is 9.21. The molecule has 1 aromatic carbocycles. The summed E-state index contributed by atoms with van der Waals surface area (Å²) < 4.78 is 8.44. The van der Waals surface area contributed by atoms with E-state index in [2.05, 4.69) is 75.7 Å². The molecule has 0 fully saturated rings. The fourth-order valence-electron chi connectivity index (χ4n) is 2.28. The zero-order valence-electron chi connectivity index (χ0n) is 13.3. The molecule has 0 saturated heterocycles. The van der Waals surface area contributed by atoms with Crippen molar-refractivity contribution in [1.29, 1.82) is 0 Å². The monoisotopic (exact) mass is 391 g/mol. The molecule has 120 valence electrons. The second-order valence-corrected chi connectivity index (χ2v) is 7.37. The maximum Gasteiger partial charge on any atom is 0.200 e. The normalized spacial score (nSPS) is 11.3. The Morgan fingerprint density at radius 2 is 1.87 bits per heavy atom. The van der Waals surface area contributed by atoms with Crippen molar-refractivity contribution in [2.45, 2.75) is 37.7 Å². The highest BCUT2D eigenvalue weighted by molar-refractivity contribution is 9.10. The van der Waals surface area contributed by atoms with E-state index in [1.54, 1.807) is 11.8 Å². The van der Waals surface area contributed by atoms with E-state index < -0.39 is 0 Å². The Labute approximate surface area is 148 Å². The van der Waals surface area contributed by atoms with Gasteiger partial charge in [-0.1, -0.05) is 41.6 Å². The van der Waals surface area contributed by atoms with Gasteiger partial charge in [-0.2, -0.15) is 0 Å². The smallest absolute Gasteiger partial charge is 0.200 e. The Morgan fingerprint density at radius 3 is 2.48 bits per heavy atom. The Morgan fingerprint density at radius 1 is 1.13 bits per heavy atom. The van der Waals surface area contributed by atoms with Crippen molar-refractivity contribution in [2.24, 2.45) is 0 Å². The highest BCUT2D eigenvalue weighted by Crippen LogP contribution is 2.31. The highest BCUT2D eigenvalue weighted by Gasteiger charge is 2.19. The van der Waals surface area contributed by atoms with Crippen LogP contribution in [0, 0.1) is 6.92 Å². The van der Waals surface area contributed by atoms with Crippen molar-refractivity contribution >= 4 is 27.7 Å². The summed E-state index contributed by atoms with van der Waals surface area (Å²) in [5.74, 6) is 2.35. The molecule has 0 N–H and O–H groups in total. The van der Waals surface area contributed by atoms with Crippen LogP contribution in [0.4, 0.5) is 0 Å². The molecule has 0 saturated carbocycles. The second kappa shape index (κ2) is 6.93. The number of halogens is 1. The van der Waals surface area contributed by atoms with E-state index >= 15 is 0 Å². The molecule has 2 heterocycles. The van der Waals surface area contributed by atoms with E-state index in [-0.39, 0.29) is 6.04 Å². The van der Waals surface area contributed by atoms with Crippen LogP contribution in [0.1, 0.15) is 31.0 Å². The lowest BCUT2D eigenvalue weighted by molar-refractivity contribution is 0.519. The Balaban J connectivity index is 1.84. The topological polar surface area (TPSA) is 43.9 Å². The number of benzene rings is 1. The van der Waals surface area contributed by atoms with Crippen molar-refractivity contribution < 1.29 is 4.42 Å². The molecular weight excluding hydrogens is 374 g/mol.